The molecule has 0 saturated carbocycles. The van der Waals surface area contributed by atoms with E-state index in [1.165, 1.54) is 0 Å². The SMILES string of the molecule is C[C@H](OCc1ccccc1)[C@@H]1[C@@H]2[C@@H](COS2(=O)=O)ON1Cc1ccccc1. The number of hydrogen-bond acceptors (Lipinski definition) is 6. The molecule has 2 heterocycles. The Hall–Kier alpha value is -1.77. The molecule has 0 amide bonds. The Morgan fingerprint density at radius 2 is 1.70 bits per heavy atom. The van der Waals surface area contributed by atoms with Crippen molar-refractivity contribution in [3.05, 3.63) is 71.8 Å². The van der Waals surface area contributed by atoms with Crippen LogP contribution < -0.4 is 0 Å². The molecule has 6 nitrogen and oxygen atoms in total. The Kier molecular flexibility index (Phi) is 5.29. The van der Waals surface area contributed by atoms with Crippen LogP contribution in [0, 0.1) is 0 Å². The molecule has 7 heteroatoms. The van der Waals surface area contributed by atoms with Crippen LogP contribution >= 0.6 is 0 Å². The van der Waals surface area contributed by atoms with Gasteiger partial charge >= 0.3 is 0 Å². The minimum atomic E-state index is -3.67. The lowest BCUT2D eigenvalue weighted by molar-refractivity contribution is -0.190. The molecule has 0 unspecified atom stereocenters. The van der Waals surface area contributed by atoms with E-state index in [-0.39, 0.29) is 12.7 Å². The first-order valence-corrected chi connectivity index (χ1v) is 10.5. The van der Waals surface area contributed by atoms with Crippen LogP contribution in [0.3, 0.4) is 0 Å². The molecule has 2 fully saturated rings. The fourth-order valence-corrected chi connectivity index (χ4v) is 5.40. The maximum Gasteiger partial charge on any atom is 0.274 e. The summed E-state index contributed by atoms with van der Waals surface area (Å²) in [5, 5.41) is 1.01. The summed E-state index contributed by atoms with van der Waals surface area (Å²) in [6.07, 6.45) is -0.841. The van der Waals surface area contributed by atoms with Crippen molar-refractivity contribution in [2.75, 3.05) is 6.61 Å². The zero-order chi connectivity index (χ0) is 18.9. The van der Waals surface area contributed by atoms with Crippen molar-refractivity contribution < 1.29 is 22.2 Å². The fourth-order valence-electron chi connectivity index (χ4n) is 3.72. The first-order valence-electron chi connectivity index (χ1n) is 9.06. The number of ether oxygens (including phenoxy) is 1. The van der Waals surface area contributed by atoms with E-state index in [2.05, 4.69) is 0 Å². The quantitative estimate of drug-likeness (QED) is 0.708. The summed E-state index contributed by atoms with van der Waals surface area (Å²) in [6, 6.07) is 19.2. The van der Waals surface area contributed by atoms with Crippen molar-refractivity contribution in [3.63, 3.8) is 0 Å². The van der Waals surface area contributed by atoms with Crippen LogP contribution in [0.1, 0.15) is 18.1 Å². The fraction of sp³-hybridized carbons (Fsp3) is 0.400. The van der Waals surface area contributed by atoms with Gasteiger partial charge in [0, 0.05) is 6.54 Å². The first-order chi connectivity index (χ1) is 13.0. The molecule has 0 spiro atoms. The molecule has 0 N–H and O–H groups in total. The summed E-state index contributed by atoms with van der Waals surface area (Å²) in [5.41, 5.74) is 2.09. The third-order valence-corrected chi connectivity index (χ3v) is 6.77. The minimum Gasteiger partial charge on any atom is -0.372 e. The van der Waals surface area contributed by atoms with Crippen molar-refractivity contribution in [2.24, 2.45) is 0 Å². The largest absolute Gasteiger partial charge is 0.372 e. The van der Waals surface area contributed by atoms with Gasteiger partial charge in [0.2, 0.25) is 0 Å². The standard InChI is InChI=1S/C20H23NO5S/c1-15(24-13-17-10-6-3-7-11-17)19-20-18(14-25-27(20,22)23)26-21(19)12-16-8-4-2-5-9-16/h2-11,15,18-20H,12-14H2,1H3/t15-,18+,19+,20-/m0/s1. The molecule has 0 radical (unpaired) electrons. The lowest BCUT2D eigenvalue weighted by atomic mass is 10.0. The minimum absolute atomic E-state index is 0.0557. The van der Waals surface area contributed by atoms with Crippen molar-refractivity contribution in [1.82, 2.24) is 5.06 Å². The number of hydroxylamine groups is 2. The predicted molar refractivity (Wildman–Crippen MR) is 100.0 cm³/mol. The maximum atomic E-state index is 12.4. The second kappa shape index (κ2) is 7.69. The third kappa shape index (κ3) is 3.93. The summed E-state index contributed by atoms with van der Waals surface area (Å²) in [7, 11) is -3.67. The van der Waals surface area contributed by atoms with Crippen LogP contribution in [0.15, 0.2) is 60.7 Å². The number of fused-ring (bicyclic) bond motifs is 1. The van der Waals surface area contributed by atoms with Gasteiger partial charge in [0.05, 0.1) is 25.4 Å². The molecule has 0 bridgehead atoms. The zero-order valence-corrected chi connectivity index (χ0v) is 15.9. The first kappa shape index (κ1) is 18.6. The lowest BCUT2D eigenvalue weighted by Crippen LogP contribution is -2.46. The van der Waals surface area contributed by atoms with Gasteiger partial charge in [0.1, 0.15) is 11.4 Å². The molecule has 144 valence electrons. The molecule has 2 aliphatic heterocycles. The molecule has 0 aliphatic carbocycles. The van der Waals surface area contributed by atoms with E-state index in [4.69, 9.17) is 13.8 Å². The molecule has 2 aliphatic rings. The summed E-state index contributed by atoms with van der Waals surface area (Å²) in [6.45, 7) is 2.86. The Balaban J connectivity index is 1.54. The zero-order valence-electron chi connectivity index (χ0n) is 15.1. The molecule has 0 aromatic heterocycles. The van der Waals surface area contributed by atoms with E-state index in [0.29, 0.717) is 13.2 Å². The molecule has 2 saturated heterocycles. The van der Waals surface area contributed by atoms with Crippen LogP contribution in [0.5, 0.6) is 0 Å². The van der Waals surface area contributed by atoms with Gasteiger partial charge in [-0.3, -0.25) is 9.02 Å². The maximum absolute atomic E-state index is 12.4. The van der Waals surface area contributed by atoms with Gasteiger partial charge in [-0.2, -0.15) is 13.5 Å². The predicted octanol–water partition coefficient (Wildman–Crippen LogP) is 2.50. The summed E-state index contributed by atoms with van der Waals surface area (Å²) < 4.78 is 35.9. The second-order valence-electron chi connectivity index (χ2n) is 6.94. The van der Waals surface area contributed by atoms with Crippen molar-refractivity contribution >= 4 is 10.1 Å². The molecule has 2 aromatic rings. The Morgan fingerprint density at radius 1 is 1.07 bits per heavy atom. The summed E-state index contributed by atoms with van der Waals surface area (Å²) in [4.78, 5) is 5.96. The van der Waals surface area contributed by atoms with Gasteiger partial charge in [-0.05, 0) is 18.1 Å². The number of nitrogens with zero attached hydrogens (tertiary/aromatic N) is 1. The van der Waals surface area contributed by atoms with Gasteiger partial charge in [-0.15, -0.1) is 0 Å². The van der Waals surface area contributed by atoms with Gasteiger partial charge < -0.3 is 4.74 Å². The monoisotopic (exact) mass is 389 g/mol. The van der Waals surface area contributed by atoms with Crippen LogP contribution in [-0.2, 0) is 37.0 Å². The van der Waals surface area contributed by atoms with Crippen molar-refractivity contribution in [1.29, 1.82) is 0 Å². The molecule has 4 atom stereocenters. The summed E-state index contributed by atoms with van der Waals surface area (Å²) in [5.74, 6) is 0. The smallest absolute Gasteiger partial charge is 0.274 e. The summed E-state index contributed by atoms with van der Waals surface area (Å²) >= 11 is 0. The highest BCUT2D eigenvalue weighted by Gasteiger charge is 2.57. The topological polar surface area (TPSA) is 65.1 Å². The van der Waals surface area contributed by atoms with Crippen molar-refractivity contribution in [2.45, 2.75) is 43.6 Å². The van der Waals surface area contributed by atoms with Crippen LogP contribution in [0.2, 0.25) is 0 Å². The van der Waals surface area contributed by atoms with Crippen LogP contribution in [0.25, 0.3) is 0 Å². The van der Waals surface area contributed by atoms with Crippen molar-refractivity contribution in [3.8, 4) is 0 Å². The molecular weight excluding hydrogens is 366 g/mol. The molecular formula is C20H23NO5S. The van der Waals surface area contributed by atoms with Gasteiger partial charge in [-0.1, -0.05) is 60.7 Å². The highest BCUT2D eigenvalue weighted by atomic mass is 32.2. The van der Waals surface area contributed by atoms with Crippen LogP contribution in [0.4, 0.5) is 0 Å². The normalized spacial score (nSPS) is 28.1. The highest BCUT2D eigenvalue weighted by Crippen LogP contribution is 2.37. The lowest BCUT2D eigenvalue weighted by Gasteiger charge is -2.30. The van der Waals surface area contributed by atoms with E-state index in [0.717, 1.165) is 11.1 Å². The van der Waals surface area contributed by atoms with Gasteiger partial charge in [0.15, 0.2) is 0 Å². The molecule has 4 rings (SSSR count). The van der Waals surface area contributed by atoms with E-state index in [1.54, 1.807) is 5.06 Å². The number of hydrogen-bond donors (Lipinski definition) is 0. The number of rotatable bonds is 6. The average Bonchev–Trinajstić information content (AvgIpc) is 3.18. The second-order valence-corrected chi connectivity index (χ2v) is 8.70. The van der Waals surface area contributed by atoms with E-state index in [1.807, 2.05) is 67.6 Å². The van der Waals surface area contributed by atoms with Gasteiger partial charge in [0.25, 0.3) is 10.1 Å². The number of benzene rings is 2. The van der Waals surface area contributed by atoms with Crippen LogP contribution in [-0.4, -0.2) is 43.6 Å². The average molecular weight is 389 g/mol. The molecule has 27 heavy (non-hydrogen) atoms. The Labute approximate surface area is 159 Å². The molecule has 2 aromatic carbocycles. The highest BCUT2D eigenvalue weighted by molar-refractivity contribution is 7.87. The Bertz CT molecular complexity index is 858. The van der Waals surface area contributed by atoms with Gasteiger partial charge in [-0.25, -0.2) is 0 Å². The third-order valence-electron chi connectivity index (χ3n) is 5.05. The van der Waals surface area contributed by atoms with E-state index < -0.39 is 27.5 Å². The Morgan fingerprint density at radius 3 is 2.37 bits per heavy atom. The van der Waals surface area contributed by atoms with E-state index in [9.17, 15) is 8.42 Å². The van der Waals surface area contributed by atoms with E-state index >= 15 is 0 Å².